The van der Waals surface area contributed by atoms with Crippen LogP contribution in [0.1, 0.15) is 0 Å². The van der Waals surface area contributed by atoms with E-state index in [1.165, 1.54) is 30.5 Å². The molecule has 0 saturated heterocycles. The van der Waals surface area contributed by atoms with Gasteiger partial charge in [0.05, 0.1) is 36.8 Å². The van der Waals surface area contributed by atoms with Gasteiger partial charge in [-0.15, -0.1) is 11.3 Å². The molecule has 3 N–H and O–H groups in total. The van der Waals surface area contributed by atoms with Gasteiger partial charge in [0.2, 0.25) is 0 Å². The summed E-state index contributed by atoms with van der Waals surface area (Å²) in [5.74, 6) is 0. The first kappa shape index (κ1) is 37.4. The molecule has 0 fully saturated rings. The van der Waals surface area contributed by atoms with Gasteiger partial charge in [-0.3, -0.25) is 10.1 Å². The average molecular weight is 664 g/mol. The molecule has 0 aromatic carbocycles. The normalized spacial score (nSPS) is 8.00. The van der Waals surface area contributed by atoms with Crippen LogP contribution < -0.4 is 0 Å². The third kappa shape index (κ3) is 32.7. The van der Waals surface area contributed by atoms with Crippen LogP contribution in [0.4, 0.5) is 0 Å². The predicted molar refractivity (Wildman–Crippen MR) is 178 cm³/mol. The maximum atomic E-state index is 4.58. The third-order valence-corrected chi connectivity index (χ3v) is 5.22. The number of thiazole rings is 1. The van der Waals surface area contributed by atoms with E-state index in [4.69, 9.17) is 0 Å². The van der Waals surface area contributed by atoms with E-state index in [0.717, 1.165) is 0 Å². The molecule has 0 aliphatic carbocycles. The van der Waals surface area contributed by atoms with Crippen LogP contribution in [0, 0.1) is 0 Å². The van der Waals surface area contributed by atoms with E-state index in [0.29, 0.717) is 0 Å². The number of nitrogens with one attached hydrogen (secondary N) is 3. The van der Waals surface area contributed by atoms with E-state index >= 15 is 0 Å². The summed E-state index contributed by atoms with van der Waals surface area (Å²) in [4.78, 5) is 16.6. The molecule has 9 rings (SSSR count). The topological polar surface area (TPSA) is 164 Å². The standard InChI is InChI=1S/C4H5N.C4H4O.C4H4S.2C3H4N2.2C3H3NO.2C3H3NS/c3*1-2-4-5-3-1;1-2-5-3-4-1;1-2-4-5-3-1;1-2-5-3-4-1;1-2-4-5-3-1;1-2-5-3-4-1;1-2-4-5-3-1/h1-5H;2*1-4H;2*1-3H,(H,4,5);4*1-3H. The van der Waals surface area contributed by atoms with Crippen molar-refractivity contribution in [2.24, 2.45) is 0 Å². The SMILES string of the molecule is c1c[nH]cn1.c1cc[nH]c1.c1ccoc1.c1ccsc1.c1cn[nH]c1.c1cnoc1.c1cnsc1.c1cocn1.c1cscn1. The van der Waals surface area contributed by atoms with Crippen molar-refractivity contribution in [2.45, 2.75) is 0 Å². The molecule has 45 heavy (non-hydrogen) atoms. The molecule has 0 saturated carbocycles. The molecular weight excluding hydrogens is 631 g/mol. The number of oxazole rings is 1. The van der Waals surface area contributed by atoms with Crippen molar-refractivity contribution in [1.82, 2.24) is 44.6 Å². The summed E-state index contributed by atoms with van der Waals surface area (Å²) in [5.41, 5.74) is 1.79. The van der Waals surface area contributed by atoms with Gasteiger partial charge in [0, 0.05) is 60.3 Å². The first-order chi connectivity index (χ1) is 22.5. The highest BCUT2D eigenvalue weighted by Crippen LogP contribution is 1.91. The summed E-state index contributed by atoms with van der Waals surface area (Å²) in [6.45, 7) is 0. The first-order valence-corrected chi connectivity index (χ1v) is 15.4. The number of H-pyrrole nitrogens is 3. The lowest BCUT2D eigenvalue weighted by atomic mass is 10.7. The van der Waals surface area contributed by atoms with Crippen molar-refractivity contribution in [1.29, 1.82) is 0 Å². The van der Waals surface area contributed by atoms with Crippen molar-refractivity contribution in [3.8, 4) is 0 Å². The zero-order valence-electron chi connectivity index (χ0n) is 24.0. The quantitative estimate of drug-likeness (QED) is 0.144. The number of rotatable bonds is 0. The molecule has 9 heterocycles. The van der Waals surface area contributed by atoms with Crippen LogP contribution in [0.15, 0.2) is 195 Å². The Kier molecular flexibility index (Phi) is 28.7. The van der Waals surface area contributed by atoms with Crippen molar-refractivity contribution in [2.75, 3.05) is 0 Å². The van der Waals surface area contributed by atoms with E-state index in [1.54, 1.807) is 103 Å². The van der Waals surface area contributed by atoms with Gasteiger partial charge in [0.1, 0.15) is 12.5 Å². The second kappa shape index (κ2) is 34.6. The smallest absolute Gasteiger partial charge is 0.180 e. The molecule has 0 aliphatic rings. The molecule has 0 amide bonds. The highest BCUT2D eigenvalue weighted by Gasteiger charge is 1.62. The number of aromatic amines is 3. The Hall–Kier alpha value is -5.64. The minimum absolute atomic E-state index is 1.38. The van der Waals surface area contributed by atoms with E-state index < -0.39 is 0 Å². The van der Waals surface area contributed by atoms with Crippen LogP contribution in [0.5, 0.6) is 0 Å². The first-order valence-electron chi connectivity index (χ1n) is 12.7. The Labute approximate surface area is 272 Å². The fraction of sp³-hybridized carbons (Fsp3) is 0. The third-order valence-electron chi connectivity index (χ3n) is 3.55. The number of imidazole rings is 1. The van der Waals surface area contributed by atoms with Crippen LogP contribution >= 0.6 is 34.2 Å². The van der Waals surface area contributed by atoms with Crippen LogP contribution in [-0.4, -0.2) is 44.6 Å². The van der Waals surface area contributed by atoms with Crippen LogP contribution in [0.3, 0.4) is 0 Å². The molecule has 0 atom stereocenters. The second-order valence-electron chi connectivity index (χ2n) is 6.73. The van der Waals surface area contributed by atoms with Crippen LogP contribution in [0.2, 0.25) is 0 Å². The monoisotopic (exact) mass is 663 g/mol. The summed E-state index contributed by atoms with van der Waals surface area (Å²) in [6, 6.07) is 17.1. The zero-order valence-corrected chi connectivity index (χ0v) is 26.4. The summed E-state index contributed by atoms with van der Waals surface area (Å²) >= 11 is 4.78. The molecule has 0 unspecified atom stereocenters. The van der Waals surface area contributed by atoms with Crippen LogP contribution in [0.25, 0.3) is 0 Å². The summed E-state index contributed by atoms with van der Waals surface area (Å²) < 4.78 is 17.2. The van der Waals surface area contributed by atoms with Gasteiger partial charge in [-0.2, -0.15) is 16.4 Å². The van der Waals surface area contributed by atoms with Gasteiger partial charge in [-0.25, -0.2) is 14.3 Å². The highest BCUT2D eigenvalue weighted by molar-refractivity contribution is 7.07. The van der Waals surface area contributed by atoms with Gasteiger partial charge in [-0.1, -0.05) is 17.3 Å². The summed E-state index contributed by atoms with van der Waals surface area (Å²) in [6.07, 6.45) is 26.6. The Morgan fingerprint density at radius 1 is 0.511 bits per heavy atom. The summed E-state index contributed by atoms with van der Waals surface area (Å²) in [5, 5.41) is 17.5. The Morgan fingerprint density at radius 3 is 1.58 bits per heavy atom. The van der Waals surface area contributed by atoms with E-state index in [9.17, 15) is 0 Å². The number of aromatic nitrogens is 9. The minimum Gasteiger partial charge on any atom is -0.473 e. The molecule has 9 aromatic rings. The molecule has 234 valence electrons. The van der Waals surface area contributed by atoms with Crippen molar-refractivity contribution < 1.29 is 13.4 Å². The van der Waals surface area contributed by atoms with Crippen molar-refractivity contribution >= 4 is 34.2 Å². The predicted octanol–water partition coefficient (Wildman–Crippen LogP) is 8.50. The maximum absolute atomic E-state index is 4.58. The van der Waals surface area contributed by atoms with E-state index in [2.05, 4.69) is 58.0 Å². The van der Waals surface area contributed by atoms with Gasteiger partial charge < -0.3 is 23.3 Å². The van der Waals surface area contributed by atoms with E-state index in [1.807, 2.05) is 82.4 Å². The number of furan rings is 1. The highest BCUT2D eigenvalue weighted by atomic mass is 32.1. The lowest BCUT2D eigenvalue weighted by Gasteiger charge is -1.50. The van der Waals surface area contributed by atoms with E-state index in [-0.39, 0.29) is 0 Å². The Balaban J connectivity index is 0.000000253. The summed E-state index contributed by atoms with van der Waals surface area (Å²) in [7, 11) is 0. The van der Waals surface area contributed by atoms with Crippen molar-refractivity contribution in [3.05, 3.63) is 181 Å². The minimum atomic E-state index is 1.38. The van der Waals surface area contributed by atoms with Gasteiger partial charge >= 0.3 is 0 Å². The van der Waals surface area contributed by atoms with Crippen LogP contribution in [-0.2, 0) is 0 Å². The van der Waals surface area contributed by atoms with Gasteiger partial charge in [0.15, 0.2) is 6.39 Å². The fourth-order valence-corrected chi connectivity index (χ4v) is 3.02. The number of thiophene rings is 1. The number of hydrogen-bond donors (Lipinski definition) is 3. The second-order valence-corrected chi connectivity index (χ2v) is 8.99. The Morgan fingerprint density at radius 2 is 1.38 bits per heavy atom. The van der Waals surface area contributed by atoms with Gasteiger partial charge in [0.25, 0.3) is 0 Å². The molecule has 12 nitrogen and oxygen atoms in total. The average Bonchev–Trinajstić information content (AvgIpc) is 4.02. The molecule has 0 bridgehead atoms. The number of hydrogen-bond acceptors (Lipinski definition) is 12. The Bertz CT molecular complexity index is 945. The lowest BCUT2D eigenvalue weighted by Crippen LogP contribution is -1.53. The molecule has 0 radical (unpaired) electrons. The molecular formula is C30H33N9O3S3. The number of nitrogens with zero attached hydrogens (tertiary/aromatic N) is 6. The molecule has 0 aliphatic heterocycles. The lowest BCUT2D eigenvalue weighted by molar-refractivity contribution is 0.420. The molecule has 9 aromatic heterocycles. The molecule has 15 heteroatoms. The largest absolute Gasteiger partial charge is 0.473 e. The molecule has 0 spiro atoms. The maximum Gasteiger partial charge on any atom is 0.180 e. The van der Waals surface area contributed by atoms with Crippen molar-refractivity contribution in [3.63, 3.8) is 0 Å². The fourth-order valence-electron chi connectivity index (χ4n) is 1.86. The van der Waals surface area contributed by atoms with Gasteiger partial charge in [-0.05, 0) is 64.8 Å². The zero-order chi connectivity index (χ0) is 31.8.